The molecule has 1 amide bonds. The lowest BCUT2D eigenvalue weighted by Gasteiger charge is -2.40. The normalized spacial score (nSPS) is 26.4. The van der Waals surface area contributed by atoms with Crippen LogP contribution in [-0.4, -0.2) is 49.8 Å². The topological polar surface area (TPSA) is 53.6 Å². The number of amides is 1. The van der Waals surface area contributed by atoms with Crippen molar-refractivity contribution in [3.8, 4) is 0 Å². The van der Waals surface area contributed by atoms with E-state index in [9.17, 15) is 9.18 Å². The Bertz CT molecular complexity index is 724. The molecule has 1 aromatic carbocycles. The van der Waals surface area contributed by atoms with E-state index in [1.165, 1.54) is 24.8 Å². The number of hydrogen-bond donors (Lipinski definition) is 2. The highest BCUT2D eigenvalue weighted by atomic mass is 19.1. The Labute approximate surface area is 174 Å². The molecule has 1 saturated carbocycles. The van der Waals surface area contributed by atoms with E-state index in [1.807, 2.05) is 13.0 Å². The first kappa shape index (κ1) is 20.5. The van der Waals surface area contributed by atoms with E-state index in [0.29, 0.717) is 12.5 Å². The minimum Gasteiger partial charge on any atom is -0.450 e. The van der Waals surface area contributed by atoms with Crippen LogP contribution in [0.1, 0.15) is 58.9 Å². The van der Waals surface area contributed by atoms with Gasteiger partial charge in [0, 0.05) is 31.7 Å². The highest BCUT2D eigenvalue weighted by Crippen LogP contribution is 2.44. The van der Waals surface area contributed by atoms with Crippen LogP contribution in [0, 0.1) is 11.7 Å². The number of likely N-dealkylation sites (tertiary alicyclic amines) is 1. The van der Waals surface area contributed by atoms with Gasteiger partial charge in [-0.15, -0.1) is 0 Å². The average Bonchev–Trinajstić information content (AvgIpc) is 2.88. The Kier molecular flexibility index (Phi) is 6.28. The van der Waals surface area contributed by atoms with Crippen molar-refractivity contribution < 1.29 is 15.3 Å². The lowest BCUT2D eigenvalue weighted by molar-refractivity contribution is 0.133. The van der Waals surface area contributed by atoms with Crippen LogP contribution in [0.25, 0.3) is 0 Å². The fraction of sp³-hybridized carbons (Fsp3) is 0.696. The van der Waals surface area contributed by atoms with Crippen LogP contribution in [0.3, 0.4) is 0 Å². The number of fused-ring (bicyclic) bond motifs is 2. The maximum Gasteiger partial charge on any atom is 0.407 e. The third-order valence-electron chi connectivity index (χ3n) is 7.13. The standard InChI is InChI=1S/C23H34FN3O2.H2/c1-2-29-22(28)26-19-6-4-3-5-17(13-19)15-27-11-9-23(10-12-27)16-25-21-8-7-18(24)14-20(21)23;/h7-8,14,17,19,25H,2-6,9-13,15-16H2,1H3,(H,26,28);1H. The number of carbonyl (C=O) groups is 1. The SMILES string of the molecule is CCOC(=O)NC1CCCCC(CN2CCC3(CC2)CNc2ccc(F)cc23)C1.[HH]. The van der Waals surface area contributed by atoms with Gasteiger partial charge in [-0.3, -0.25) is 0 Å². The first-order valence-electron chi connectivity index (χ1n) is 11.3. The summed E-state index contributed by atoms with van der Waals surface area (Å²) in [6, 6.07) is 5.40. The van der Waals surface area contributed by atoms with Crippen molar-refractivity contribution in [2.45, 2.75) is 63.3 Å². The Balaban J connectivity index is 0.00000256. The summed E-state index contributed by atoms with van der Waals surface area (Å²) in [7, 11) is 0. The zero-order valence-corrected chi connectivity index (χ0v) is 17.5. The molecule has 5 nitrogen and oxygen atoms in total. The van der Waals surface area contributed by atoms with Crippen molar-refractivity contribution >= 4 is 11.8 Å². The summed E-state index contributed by atoms with van der Waals surface area (Å²) in [6.45, 7) is 6.40. The van der Waals surface area contributed by atoms with Crippen LogP contribution in [-0.2, 0) is 10.2 Å². The number of ether oxygens (including phenoxy) is 1. The van der Waals surface area contributed by atoms with Crippen LogP contribution >= 0.6 is 0 Å². The van der Waals surface area contributed by atoms with Crippen LogP contribution in [0.5, 0.6) is 0 Å². The molecule has 2 heterocycles. The molecule has 2 N–H and O–H groups in total. The van der Waals surface area contributed by atoms with Gasteiger partial charge < -0.3 is 20.3 Å². The summed E-state index contributed by atoms with van der Waals surface area (Å²) < 4.78 is 18.9. The number of nitrogens with zero attached hydrogens (tertiary/aromatic N) is 1. The van der Waals surface area contributed by atoms with Crippen molar-refractivity contribution in [3.63, 3.8) is 0 Å². The second-order valence-electron chi connectivity index (χ2n) is 9.07. The molecule has 162 valence electrons. The number of nitrogens with one attached hydrogen (secondary N) is 2. The molecule has 1 aliphatic carbocycles. The number of anilines is 1. The van der Waals surface area contributed by atoms with E-state index in [4.69, 9.17) is 4.74 Å². The molecular weight excluding hydrogens is 369 g/mol. The zero-order chi connectivity index (χ0) is 20.3. The van der Waals surface area contributed by atoms with Gasteiger partial charge in [0.1, 0.15) is 5.82 Å². The number of alkyl carbamates (subject to hydrolysis) is 1. The maximum absolute atomic E-state index is 13.8. The van der Waals surface area contributed by atoms with E-state index in [1.54, 1.807) is 12.1 Å². The summed E-state index contributed by atoms with van der Waals surface area (Å²) in [5.74, 6) is 0.484. The van der Waals surface area contributed by atoms with Gasteiger partial charge in [-0.1, -0.05) is 12.8 Å². The molecule has 2 aliphatic heterocycles. The molecule has 6 heteroatoms. The molecule has 4 rings (SSSR count). The molecule has 1 aromatic rings. The largest absolute Gasteiger partial charge is 0.450 e. The lowest BCUT2D eigenvalue weighted by Crippen LogP contribution is -2.46. The van der Waals surface area contributed by atoms with Crippen LogP contribution < -0.4 is 10.6 Å². The van der Waals surface area contributed by atoms with Crippen LogP contribution in [0.2, 0.25) is 0 Å². The lowest BCUT2D eigenvalue weighted by atomic mass is 9.74. The van der Waals surface area contributed by atoms with Crippen molar-refractivity contribution in [2.24, 2.45) is 5.92 Å². The van der Waals surface area contributed by atoms with Crippen LogP contribution in [0.4, 0.5) is 14.9 Å². The average molecular weight is 406 g/mol. The second-order valence-corrected chi connectivity index (χ2v) is 9.07. The van der Waals surface area contributed by atoms with Crippen molar-refractivity contribution in [2.75, 3.05) is 38.1 Å². The number of hydrogen-bond acceptors (Lipinski definition) is 4. The first-order chi connectivity index (χ1) is 14.1. The third kappa shape index (κ3) is 4.68. The highest BCUT2D eigenvalue weighted by molar-refractivity contribution is 5.67. The molecule has 3 aliphatic rings. The number of benzene rings is 1. The Morgan fingerprint density at radius 2 is 2.14 bits per heavy atom. The highest BCUT2D eigenvalue weighted by Gasteiger charge is 2.41. The van der Waals surface area contributed by atoms with Gasteiger partial charge in [-0.05, 0) is 81.8 Å². The smallest absolute Gasteiger partial charge is 0.407 e. The van der Waals surface area contributed by atoms with Gasteiger partial charge in [0.2, 0.25) is 0 Å². The Morgan fingerprint density at radius 1 is 1.34 bits per heavy atom. The van der Waals surface area contributed by atoms with E-state index >= 15 is 0 Å². The minimum absolute atomic E-state index is 0. The summed E-state index contributed by atoms with van der Waals surface area (Å²) in [6.07, 6.45) is 7.60. The monoisotopic (exact) mass is 405 g/mol. The molecule has 0 radical (unpaired) electrons. The number of piperidine rings is 1. The second kappa shape index (κ2) is 8.90. The van der Waals surface area contributed by atoms with Gasteiger partial charge in [0.05, 0.1) is 6.61 Å². The molecule has 29 heavy (non-hydrogen) atoms. The van der Waals surface area contributed by atoms with Crippen molar-refractivity contribution in [1.29, 1.82) is 0 Å². The van der Waals surface area contributed by atoms with Gasteiger partial charge in [-0.25, -0.2) is 9.18 Å². The third-order valence-corrected chi connectivity index (χ3v) is 7.13. The Hall–Kier alpha value is -1.82. The summed E-state index contributed by atoms with van der Waals surface area (Å²) in [4.78, 5) is 14.4. The molecule has 1 spiro atoms. The predicted octanol–water partition coefficient (Wildman–Crippen LogP) is 4.53. The van der Waals surface area contributed by atoms with Gasteiger partial charge in [0.25, 0.3) is 0 Å². The van der Waals surface area contributed by atoms with Gasteiger partial charge >= 0.3 is 6.09 Å². The zero-order valence-electron chi connectivity index (χ0n) is 17.5. The van der Waals surface area contributed by atoms with E-state index < -0.39 is 0 Å². The summed E-state index contributed by atoms with van der Waals surface area (Å²) in [5, 5.41) is 6.55. The predicted molar refractivity (Wildman–Crippen MR) is 115 cm³/mol. The van der Waals surface area contributed by atoms with Crippen molar-refractivity contribution in [3.05, 3.63) is 29.6 Å². The van der Waals surface area contributed by atoms with E-state index in [-0.39, 0.29) is 24.8 Å². The van der Waals surface area contributed by atoms with Crippen LogP contribution in [0.15, 0.2) is 18.2 Å². The fourth-order valence-electron chi connectivity index (χ4n) is 5.54. The number of halogens is 1. The fourth-order valence-corrected chi connectivity index (χ4v) is 5.54. The molecule has 0 bridgehead atoms. The number of carbonyl (C=O) groups excluding carboxylic acids is 1. The molecule has 1 saturated heterocycles. The molecule has 0 aromatic heterocycles. The first-order valence-corrected chi connectivity index (χ1v) is 11.3. The van der Waals surface area contributed by atoms with Gasteiger partial charge in [0.15, 0.2) is 0 Å². The van der Waals surface area contributed by atoms with E-state index in [2.05, 4.69) is 15.5 Å². The molecule has 2 fully saturated rings. The van der Waals surface area contributed by atoms with E-state index in [0.717, 1.165) is 57.5 Å². The minimum atomic E-state index is -0.280. The number of rotatable bonds is 4. The summed E-state index contributed by atoms with van der Waals surface area (Å²) >= 11 is 0. The summed E-state index contributed by atoms with van der Waals surface area (Å²) in [5.41, 5.74) is 2.37. The maximum atomic E-state index is 13.8. The molecule has 2 unspecified atom stereocenters. The molecular formula is C23H36FN3O2. The van der Waals surface area contributed by atoms with Gasteiger partial charge in [-0.2, -0.15) is 0 Å². The quantitative estimate of drug-likeness (QED) is 0.723. The van der Waals surface area contributed by atoms with Crippen molar-refractivity contribution in [1.82, 2.24) is 10.2 Å². The molecule has 2 atom stereocenters. The Morgan fingerprint density at radius 3 is 2.93 bits per heavy atom.